The fourth-order valence-electron chi connectivity index (χ4n) is 3.64. The summed E-state index contributed by atoms with van der Waals surface area (Å²) in [6, 6.07) is 3.73. The Morgan fingerprint density at radius 1 is 1.41 bits per heavy atom. The number of hydrogen-bond donors (Lipinski definition) is 1. The summed E-state index contributed by atoms with van der Waals surface area (Å²) in [5.41, 5.74) is 5.29. The molecule has 4 heterocycles. The molecule has 152 valence electrons. The Labute approximate surface area is 178 Å². The van der Waals surface area contributed by atoms with Gasteiger partial charge in [-0.25, -0.2) is 17.7 Å². The van der Waals surface area contributed by atoms with Gasteiger partial charge in [-0.05, 0) is 31.9 Å². The van der Waals surface area contributed by atoms with Crippen LogP contribution in [0.15, 0.2) is 29.5 Å². The zero-order valence-corrected chi connectivity index (χ0v) is 18.2. The van der Waals surface area contributed by atoms with Crippen molar-refractivity contribution in [3.05, 3.63) is 40.0 Å². The third-order valence-electron chi connectivity index (χ3n) is 5.02. The van der Waals surface area contributed by atoms with Crippen molar-refractivity contribution in [1.82, 2.24) is 9.29 Å². The molecule has 2 aromatic heterocycles. The number of aromatic nitrogens is 1. The predicted octanol–water partition coefficient (Wildman–Crippen LogP) is 2.76. The standard InChI is InChI=1S/C19H19ClN4O3S2/c1-3-5-12-8-13(11-22-10-12)15-9-14(20)16(28-15)19-6-4-7-27-17(19)29(25,26)24(2)18(21)23-19/h8-11,17H,4,6-7H2,1-2H3,(H2,21,23)/t17?,19-/m1/s1. The van der Waals surface area contributed by atoms with E-state index in [-0.39, 0.29) is 5.96 Å². The third-order valence-corrected chi connectivity index (χ3v) is 8.80. The molecule has 2 aliphatic rings. The zero-order chi connectivity index (χ0) is 20.8. The first-order valence-corrected chi connectivity index (χ1v) is 11.6. The van der Waals surface area contributed by atoms with Gasteiger partial charge in [-0.1, -0.05) is 17.5 Å². The Balaban J connectivity index is 1.88. The summed E-state index contributed by atoms with van der Waals surface area (Å²) in [6.45, 7) is 2.10. The van der Waals surface area contributed by atoms with Crippen LogP contribution in [0.3, 0.4) is 0 Å². The Morgan fingerprint density at radius 3 is 2.97 bits per heavy atom. The number of nitrogens with zero attached hydrogens (tertiary/aromatic N) is 3. The summed E-state index contributed by atoms with van der Waals surface area (Å²) in [7, 11) is -2.45. The molecule has 0 aromatic carbocycles. The number of hydrogen-bond acceptors (Lipinski definition) is 7. The largest absolute Gasteiger partial charge is 0.369 e. The lowest BCUT2D eigenvalue weighted by atomic mass is 9.90. The van der Waals surface area contributed by atoms with Gasteiger partial charge in [-0.3, -0.25) is 4.98 Å². The molecule has 1 unspecified atom stereocenters. The third kappa shape index (κ3) is 3.20. The van der Waals surface area contributed by atoms with Crippen molar-refractivity contribution in [1.29, 1.82) is 0 Å². The number of thiophene rings is 1. The van der Waals surface area contributed by atoms with Crippen LogP contribution in [-0.2, 0) is 20.3 Å². The molecule has 1 saturated heterocycles. The zero-order valence-electron chi connectivity index (χ0n) is 15.8. The normalized spacial score (nSPS) is 25.6. The van der Waals surface area contributed by atoms with Crippen LogP contribution in [0.2, 0.25) is 5.02 Å². The number of guanidine groups is 1. The van der Waals surface area contributed by atoms with Crippen LogP contribution in [0.4, 0.5) is 0 Å². The molecule has 0 bridgehead atoms. The van der Waals surface area contributed by atoms with Gasteiger partial charge in [0.05, 0.1) is 9.90 Å². The van der Waals surface area contributed by atoms with Crippen molar-refractivity contribution in [3.63, 3.8) is 0 Å². The van der Waals surface area contributed by atoms with Crippen LogP contribution in [-0.4, -0.2) is 42.8 Å². The maximum atomic E-state index is 13.0. The van der Waals surface area contributed by atoms with Gasteiger partial charge in [-0.2, -0.15) is 0 Å². The average Bonchev–Trinajstić information content (AvgIpc) is 3.09. The molecule has 0 amide bonds. The number of aliphatic imine (C=N–C) groups is 1. The molecule has 2 atom stereocenters. The summed E-state index contributed by atoms with van der Waals surface area (Å²) >= 11 is 7.99. The van der Waals surface area contributed by atoms with E-state index in [1.165, 1.54) is 18.4 Å². The summed E-state index contributed by atoms with van der Waals surface area (Å²) < 4.78 is 32.7. The van der Waals surface area contributed by atoms with Crippen LogP contribution in [0.25, 0.3) is 10.4 Å². The topological polar surface area (TPSA) is 97.9 Å². The van der Waals surface area contributed by atoms with E-state index < -0.39 is 21.0 Å². The van der Waals surface area contributed by atoms with E-state index >= 15 is 0 Å². The van der Waals surface area contributed by atoms with Crippen LogP contribution in [0.1, 0.15) is 30.2 Å². The van der Waals surface area contributed by atoms with E-state index in [1.54, 1.807) is 25.4 Å². The first kappa shape index (κ1) is 20.2. The number of rotatable bonds is 2. The minimum absolute atomic E-state index is 0.0698. The van der Waals surface area contributed by atoms with Gasteiger partial charge in [0.25, 0.3) is 10.0 Å². The van der Waals surface area contributed by atoms with Crippen LogP contribution < -0.4 is 5.73 Å². The Hall–Kier alpha value is -2.12. The van der Waals surface area contributed by atoms with Gasteiger partial charge in [0.1, 0.15) is 5.54 Å². The van der Waals surface area contributed by atoms with Crippen molar-refractivity contribution < 1.29 is 13.2 Å². The van der Waals surface area contributed by atoms with Gasteiger partial charge in [-0.15, -0.1) is 17.3 Å². The van der Waals surface area contributed by atoms with Crippen molar-refractivity contribution in [2.75, 3.05) is 13.7 Å². The van der Waals surface area contributed by atoms with E-state index in [4.69, 9.17) is 22.1 Å². The SMILES string of the molecule is CC#Cc1cncc(-c2cc(Cl)c([C@]34CCCOC3S(=O)(=O)N(C)C(N)=N4)s2)c1. The summed E-state index contributed by atoms with van der Waals surface area (Å²) in [4.78, 5) is 10.3. The van der Waals surface area contributed by atoms with Gasteiger partial charge >= 0.3 is 0 Å². The van der Waals surface area contributed by atoms with Crippen molar-refractivity contribution in [3.8, 4) is 22.3 Å². The summed E-state index contributed by atoms with van der Waals surface area (Å²) in [5.74, 6) is 5.77. The molecule has 7 nitrogen and oxygen atoms in total. The molecule has 29 heavy (non-hydrogen) atoms. The molecule has 2 aliphatic heterocycles. The monoisotopic (exact) mass is 450 g/mol. The smallest absolute Gasteiger partial charge is 0.267 e. The predicted molar refractivity (Wildman–Crippen MR) is 114 cm³/mol. The Kier molecular flexibility index (Phi) is 5.07. The summed E-state index contributed by atoms with van der Waals surface area (Å²) in [6.07, 6.45) is 4.54. The highest BCUT2D eigenvalue weighted by atomic mass is 35.5. The second-order valence-corrected chi connectivity index (χ2v) is 10.3. The lowest BCUT2D eigenvalue weighted by Gasteiger charge is -2.44. The van der Waals surface area contributed by atoms with Gasteiger partial charge in [0.2, 0.25) is 11.4 Å². The van der Waals surface area contributed by atoms with E-state index in [0.29, 0.717) is 29.3 Å². The highest BCUT2D eigenvalue weighted by Crippen LogP contribution is 2.51. The number of fused-ring (bicyclic) bond motifs is 1. The quantitative estimate of drug-likeness (QED) is 0.709. The fourth-order valence-corrected chi connectivity index (χ4v) is 7.02. The first-order valence-electron chi connectivity index (χ1n) is 8.92. The number of sulfonamides is 1. The number of nitrogens with two attached hydrogens (primary N) is 1. The maximum absolute atomic E-state index is 13.0. The molecule has 0 radical (unpaired) electrons. The molecular weight excluding hydrogens is 432 g/mol. The molecule has 0 aliphatic carbocycles. The molecule has 2 N–H and O–H groups in total. The first-order chi connectivity index (χ1) is 13.8. The highest BCUT2D eigenvalue weighted by Gasteiger charge is 2.57. The summed E-state index contributed by atoms with van der Waals surface area (Å²) in [5, 5.41) is 0.434. The Bertz CT molecular complexity index is 1170. The molecule has 0 saturated carbocycles. The Morgan fingerprint density at radius 2 is 2.21 bits per heavy atom. The van der Waals surface area contributed by atoms with Gasteiger partial charge in [0.15, 0.2) is 0 Å². The van der Waals surface area contributed by atoms with Crippen LogP contribution >= 0.6 is 22.9 Å². The van der Waals surface area contributed by atoms with Gasteiger partial charge < -0.3 is 10.5 Å². The average molecular weight is 451 g/mol. The van der Waals surface area contributed by atoms with E-state index in [0.717, 1.165) is 20.3 Å². The number of ether oxygens (including phenoxy) is 1. The van der Waals surface area contributed by atoms with Crippen LogP contribution in [0.5, 0.6) is 0 Å². The van der Waals surface area contributed by atoms with E-state index in [9.17, 15) is 8.42 Å². The second-order valence-electron chi connectivity index (χ2n) is 6.84. The second kappa shape index (κ2) is 7.29. The molecular formula is C19H19ClN4O3S2. The van der Waals surface area contributed by atoms with Crippen molar-refractivity contribution in [2.45, 2.75) is 30.7 Å². The number of pyridine rings is 1. The number of halogens is 1. The van der Waals surface area contributed by atoms with Crippen LogP contribution in [0, 0.1) is 11.8 Å². The van der Waals surface area contributed by atoms with E-state index in [1.807, 2.05) is 6.07 Å². The molecule has 2 aromatic rings. The van der Waals surface area contributed by atoms with Crippen molar-refractivity contribution in [2.24, 2.45) is 10.7 Å². The maximum Gasteiger partial charge on any atom is 0.267 e. The van der Waals surface area contributed by atoms with Gasteiger partial charge in [0, 0.05) is 42.1 Å². The minimum atomic E-state index is -3.83. The lowest BCUT2D eigenvalue weighted by molar-refractivity contribution is 0.00334. The molecule has 4 rings (SSSR count). The molecule has 10 heteroatoms. The molecule has 1 fully saturated rings. The minimum Gasteiger partial charge on any atom is -0.369 e. The van der Waals surface area contributed by atoms with Crippen molar-refractivity contribution >= 4 is 38.9 Å². The fraction of sp³-hybridized carbons (Fsp3) is 0.368. The van der Waals surface area contributed by atoms with E-state index in [2.05, 4.69) is 21.8 Å². The molecule has 0 spiro atoms. The lowest BCUT2D eigenvalue weighted by Crippen LogP contribution is -2.59. The highest BCUT2D eigenvalue weighted by molar-refractivity contribution is 7.90.